The molecule has 0 aliphatic heterocycles. The van der Waals surface area contributed by atoms with Gasteiger partial charge in [0.2, 0.25) is 0 Å². The van der Waals surface area contributed by atoms with Crippen LogP contribution >= 0.6 is 0 Å². The zero-order valence-electron chi connectivity index (χ0n) is 9.95. The first kappa shape index (κ1) is 11.9. The molecule has 3 heteroatoms. The molecule has 2 N–H and O–H groups in total. The molecule has 1 rings (SSSR count). The van der Waals surface area contributed by atoms with E-state index in [1.54, 1.807) is 7.11 Å². The summed E-state index contributed by atoms with van der Waals surface area (Å²) in [6, 6.07) is 5.99. The van der Waals surface area contributed by atoms with Crippen LogP contribution in [0.3, 0.4) is 0 Å². The zero-order chi connectivity index (χ0) is 11.4. The summed E-state index contributed by atoms with van der Waals surface area (Å²) in [5.41, 5.74) is 8.20. The van der Waals surface area contributed by atoms with Crippen LogP contribution in [-0.4, -0.2) is 20.7 Å². The van der Waals surface area contributed by atoms with E-state index < -0.39 is 0 Å². The smallest absolute Gasteiger partial charge is 0.125 e. The standard InChI is InChI=1S/C12H20N2O/c1-5-14(3)10-7-6-8-11(15-4)12(10)9(2)13/h6-9H,5,13H2,1-4H3. The van der Waals surface area contributed by atoms with Crippen LogP contribution in [0.1, 0.15) is 25.5 Å². The number of nitrogens with two attached hydrogens (primary N) is 1. The lowest BCUT2D eigenvalue weighted by Crippen LogP contribution is -2.20. The molecule has 84 valence electrons. The molecule has 1 atom stereocenters. The van der Waals surface area contributed by atoms with Crippen LogP contribution in [0.4, 0.5) is 5.69 Å². The van der Waals surface area contributed by atoms with Crippen molar-refractivity contribution < 1.29 is 4.74 Å². The van der Waals surface area contributed by atoms with Crippen LogP contribution in [0.5, 0.6) is 5.75 Å². The number of hydrogen-bond donors (Lipinski definition) is 1. The molecule has 0 aromatic heterocycles. The number of ether oxygens (including phenoxy) is 1. The fourth-order valence-corrected chi connectivity index (χ4v) is 1.67. The largest absolute Gasteiger partial charge is 0.496 e. The van der Waals surface area contributed by atoms with Crippen LogP contribution in [0.2, 0.25) is 0 Å². The second-order valence-electron chi connectivity index (χ2n) is 3.70. The molecule has 0 fully saturated rings. The van der Waals surface area contributed by atoms with Crippen molar-refractivity contribution in [3.8, 4) is 5.75 Å². The lowest BCUT2D eigenvalue weighted by atomic mass is 10.0. The van der Waals surface area contributed by atoms with Crippen LogP contribution < -0.4 is 15.4 Å². The lowest BCUT2D eigenvalue weighted by molar-refractivity contribution is 0.407. The number of rotatable bonds is 4. The van der Waals surface area contributed by atoms with Crippen LogP contribution in [-0.2, 0) is 0 Å². The average molecular weight is 208 g/mol. The highest BCUT2D eigenvalue weighted by Crippen LogP contribution is 2.32. The topological polar surface area (TPSA) is 38.5 Å². The van der Waals surface area contributed by atoms with E-state index in [-0.39, 0.29) is 6.04 Å². The molecule has 0 amide bonds. The Kier molecular flexibility index (Phi) is 3.97. The maximum Gasteiger partial charge on any atom is 0.125 e. The van der Waals surface area contributed by atoms with Crippen molar-refractivity contribution in [3.63, 3.8) is 0 Å². The van der Waals surface area contributed by atoms with Gasteiger partial charge in [-0.3, -0.25) is 0 Å². The fourth-order valence-electron chi connectivity index (χ4n) is 1.67. The summed E-state index contributed by atoms with van der Waals surface area (Å²) in [6.45, 7) is 5.04. The SMILES string of the molecule is CCN(C)c1cccc(OC)c1C(C)N. The molecule has 0 aliphatic rings. The first-order chi connectivity index (χ1) is 7.11. The molecule has 1 aromatic carbocycles. The Hall–Kier alpha value is -1.22. The normalized spacial score (nSPS) is 12.3. The Morgan fingerprint density at radius 2 is 2.13 bits per heavy atom. The van der Waals surface area contributed by atoms with Crippen LogP contribution in [0.25, 0.3) is 0 Å². The molecule has 0 heterocycles. The molecule has 0 aliphatic carbocycles. The number of anilines is 1. The van der Waals surface area contributed by atoms with E-state index in [1.807, 2.05) is 19.1 Å². The molecule has 0 spiro atoms. The minimum absolute atomic E-state index is 0.0230. The summed E-state index contributed by atoms with van der Waals surface area (Å²) in [5, 5.41) is 0. The number of benzene rings is 1. The highest BCUT2D eigenvalue weighted by Gasteiger charge is 2.14. The maximum absolute atomic E-state index is 5.98. The van der Waals surface area contributed by atoms with E-state index in [0.717, 1.165) is 23.5 Å². The minimum Gasteiger partial charge on any atom is -0.496 e. The van der Waals surface area contributed by atoms with Crippen LogP contribution in [0.15, 0.2) is 18.2 Å². The lowest BCUT2D eigenvalue weighted by Gasteiger charge is -2.24. The van der Waals surface area contributed by atoms with Crippen molar-refractivity contribution in [1.29, 1.82) is 0 Å². The van der Waals surface area contributed by atoms with Gasteiger partial charge >= 0.3 is 0 Å². The highest BCUT2D eigenvalue weighted by molar-refractivity contribution is 5.60. The third-order valence-electron chi connectivity index (χ3n) is 2.60. The number of hydrogen-bond acceptors (Lipinski definition) is 3. The molecule has 0 bridgehead atoms. The number of nitrogens with zero attached hydrogens (tertiary/aromatic N) is 1. The summed E-state index contributed by atoms with van der Waals surface area (Å²) in [4.78, 5) is 2.17. The number of methoxy groups -OCH3 is 1. The summed E-state index contributed by atoms with van der Waals surface area (Å²) in [5.74, 6) is 0.864. The molecule has 0 saturated carbocycles. The van der Waals surface area contributed by atoms with Gasteiger partial charge in [0.15, 0.2) is 0 Å². The van der Waals surface area contributed by atoms with E-state index in [2.05, 4.69) is 24.9 Å². The van der Waals surface area contributed by atoms with Crippen molar-refractivity contribution in [2.75, 3.05) is 25.6 Å². The summed E-state index contributed by atoms with van der Waals surface area (Å²) in [6.07, 6.45) is 0. The van der Waals surface area contributed by atoms with Crippen molar-refractivity contribution in [2.24, 2.45) is 5.73 Å². The second kappa shape index (κ2) is 5.03. The third-order valence-corrected chi connectivity index (χ3v) is 2.60. The molecule has 0 saturated heterocycles. The van der Waals surface area contributed by atoms with Gasteiger partial charge in [-0.1, -0.05) is 6.07 Å². The fraction of sp³-hybridized carbons (Fsp3) is 0.500. The Bertz CT molecular complexity index is 323. The molecule has 1 aromatic rings. The van der Waals surface area contributed by atoms with Gasteiger partial charge in [0.05, 0.1) is 7.11 Å². The average Bonchev–Trinajstić information content (AvgIpc) is 2.26. The van der Waals surface area contributed by atoms with Crippen molar-refractivity contribution in [3.05, 3.63) is 23.8 Å². The molecular formula is C12H20N2O. The molecular weight excluding hydrogens is 188 g/mol. The monoisotopic (exact) mass is 208 g/mol. The van der Waals surface area contributed by atoms with Gasteiger partial charge < -0.3 is 15.4 Å². The van der Waals surface area contributed by atoms with Gasteiger partial charge in [-0.25, -0.2) is 0 Å². The highest BCUT2D eigenvalue weighted by atomic mass is 16.5. The van der Waals surface area contributed by atoms with E-state index >= 15 is 0 Å². The first-order valence-electron chi connectivity index (χ1n) is 5.25. The Morgan fingerprint density at radius 3 is 2.60 bits per heavy atom. The van der Waals surface area contributed by atoms with E-state index in [4.69, 9.17) is 10.5 Å². The minimum atomic E-state index is -0.0230. The van der Waals surface area contributed by atoms with Gasteiger partial charge in [-0.05, 0) is 26.0 Å². The Labute approximate surface area is 91.8 Å². The van der Waals surface area contributed by atoms with E-state index in [9.17, 15) is 0 Å². The molecule has 0 radical (unpaired) electrons. The second-order valence-corrected chi connectivity index (χ2v) is 3.70. The Morgan fingerprint density at radius 1 is 1.47 bits per heavy atom. The van der Waals surface area contributed by atoms with E-state index in [0.29, 0.717) is 0 Å². The predicted octanol–water partition coefficient (Wildman–Crippen LogP) is 2.17. The first-order valence-corrected chi connectivity index (χ1v) is 5.25. The van der Waals surface area contributed by atoms with Gasteiger partial charge in [0.1, 0.15) is 5.75 Å². The third kappa shape index (κ3) is 2.42. The maximum atomic E-state index is 5.98. The van der Waals surface area contributed by atoms with E-state index in [1.165, 1.54) is 0 Å². The summed E-state index contributed by atoms with van der Waals surface area (Å²) >= 11 is 0. The van der Waals surface area contributed by atoms with Crippen molar-refractivity contribution in [1.82, 2.24) is 0 Å². The van der Waals surface area contributed by atoms with Gasteiger partial charge in [-0.2, -0.15) is 0 Å². The van der Waals surface area contributed by atoms with Crippen LogP contribution in [0, 0.1) is 0 Å². The van der Waals surface area contributed by atoms with Gasteiger partial charge in [-0.15, -0.1) is 0 Å². The van der Waals surface area contributed by atoms with Gasteiger partial charge in [0.25, 0.3) is 0 Å². The summed E-state index contributed by atoms with van der Waals surface area (Å²) in [7, 11) is 3.73. The summed E-state index contributed by atoms with van der Waals surface area (Å²) < 4.78 is 5.34. The molecule has 15 heavy (non-hydrogen) atoms. The Balaban J connectivity index is 3.25. The quantitative estimate of drug-likeness (QED) is 0.824. The van der Waals surface area contributed by atoms with Crippen molar-refractivity contribution >= 4 is 5.69 Å². The van der Waals surface area contributed by atoms with Gasteiger partial charge in [0, 0.05) is 30.9 Å². The zero-order valence-corrected chi connectivity index (χ0v) is 9.95. The predicted molar refractivity (Wildman–Crippen MR) is 64.5 cm³/mol. The molecule has 1 unspecified atom stereocenters. The molecule has 3 nitrogen and oxygen atoms in total. The van der Waals surface area contributed by atoms with Crippen molar-refractivity contribution in [2.45, 2.75) is 19.9 Å².